The largest absolute Gasteiger partial charge is 0.299 e. The predicted molar refractivity (Wildman–Crippen MR) is 50.2 cm³/mol. The van der Waals surface area contributed by atoms with Crippen LogP contribution in [0.2, 0.25) is 0 Å². The van der Waals surface area contributed by atoms with Gasteiger partial charge in [0.25, 0.3) is 0 Å². The van der Waals surface area contributed by atoms with Crippen molar-refractivity contribution in [1.29, 1.82) is 0 Å². The summed E-state index contributed by atoms with van der Waals surface area (Å²) in [5, 5.41) is 3.01. The molecule has 1 saturated heterocycles. The summed E-state index contributed by atoms with van der Waals surface area (Å²) in [6.07, 6.45) is 0. The maximum atomic E-state index is 12.6. The van der Waals surface area contributed by atoms with Gasteiger partial charge in [-0.1, -0.05) is 12.1 Å². The number of hydrogen-bond donors (Lipinski definition) is 1. The van der Waals surface area contributed by atoms with Crippen LogP contribution in [0.1, 0.15) is 10.9 Å². The molecule has 0 saturated carbocycles. The van der Waals surface area contributed by atoms with Crippen LogP contribution in [0.3, 0.4) is 0 Å². The molecule has 2 atom stereocenters. The lowest BCUT2D eigenvalue weighted by molar-refractivity contribution is 0.625. The molecule has 2 nitrogen and oxygen atoms in total. The fourth-order valence-electron chi connectivity index (χ4n) is 1.41. The second-order valence-corrected chi connectivity index (χ2v) is 4.61. The first kappa shape index (κ1) is 8.84. The van der Waals surface area contributed by atoms with Crippen LogP contribution in [0.4, 0.5) is 4.39 Å². The summed E-state index contributed by atoms with van der Waals surface area (Å²) in [5.74, 6) is 0.426. The smallest absolute Gasteiger partial charge is 0.123 e. The Morgan fingerprint density at radius 2 is 2.08 bits per heavy atom. The van der Waals surface area contributed by atoms with Crippen molar-refractivity contribution >= 4 is 10.8 Å². The van der Waals surface area contributed by atoms with E-state index < -0.39 is 10.8 Å². The summed E-state index contributed by atoms with van der Waals surface area (Å²) in [6, 6.07) is 6.14. The van der Waals surface area contributed by atoms with Gasteiger partial charge in [-0.3, -0.25) is 9.53 Å². The molecule has 1 aromatic carbocycles. The second kappa shape index (κ2) is 3.55. The van der Waals surface area contributed by atoms with Crippen molar-refractivity contribution < 1.29 is 8.60 Å². The van der Waals surface area contributed by atoms with Crippen molar-refractivity contribution in [1.82, 2.24) is 5.32 Å². The SMILES string of the molecule is O=S1CCNC1c1ccc(F)cc1. The van der Waals surface area contributed by atoms with Crippen molar-refractivity contribution in [2.75, 3.05) is 12.3 Å². The van der Waals surface area contributed by atoms with Crippen LogP contribution in [0.5, 0.6) is 0 Å². The van der Waals surface area contributed by atoms with Crippen molar-refractivity contribution in [3.63, 3.8) is 0 Å². The lowest BCUT2D eigenvalue weighted by Gasteiger charge is -2.08. The maximum absolute atomic E-state index is 12.6. The van der Waals surface area contributed by atoms with Gasteiger partial charge >= 0.3 is 0 Å². The Balaban J connectivity index is 2.25. The molecule has 1 aliphatic heterocycles. The lowest BCUT2D eigenvalue weighted by atomic mass is 10.2. The van der Waals surface area contributed by atoms with Gasteiger partial charge in [-0.15, -0.1) is 0 Å². The van der Waals surface area contributed by atoms with Gasteiger partial charge in [0.1, 0.15) is 11.2 Å². The Morgan fingerprint density at radius 3 is 2.62 bits per heavy atom. The molecule has 4 heteroatoms. The standard InChI is InChI=1S/C9H10FNOS/c10-8-3-1-7(2-4-8)9-11-5-6-13(9)12/h1-4,9,11H,5-6H2. The van der Waals surface area contributed by atoms with Crippen LogP contribution >= 0.6 is 0 Å². The average Bonchev–Trinajstić information content (AvgIpc) is 2.53. The molecule has 0 aliphatic carbocycles. The van der Waals surface area contributed by atoms with Gasteiger partial charge in [0.2, 0.25) is 0 Å². The van der Waals surface area contributed by atoms with E-state index in [2.05, 4.69) is 5.32 Å². The summed E-state index contributed by atoms with van der Waals surface area (Å²) in [4.78, 5) is 0. The molecule has 0 radical (unpaired) electrons. The third-order valence-electron chi connectivity index (χ3n) is 2.07. The highest BCUT2D eigenvalue weighted by Crippen LogP contribution is 2.20. The summed E-state index contributed by atoms with van der Waals surface area (Å²) >= 11 is 0. The highest BCUT2D eigenvalue weighted by molar-refractivity contribution is 7.85. The topological polar surface area (TPSA) is 29.1 Å². The molecule has 1 N–H and O–H groups in total. The minimum absolute atomic E-state index is 0.111. The quantitative estimate of drug-likeness (QED) is 0.735. The van der Waals surface area contributed by atoms with Gasteiger partial charge < -0.3 is 0 Å². The molecular formula is C9H10FNOS. The van der Waals surface area contributed by atoms with Crippen molar-refractivity contribution in [2.24, 2.45) is 0 Å². The van der Waals surface area contributed by atoms with Crippen LogP contribution in [0.15, 0.2) is 24.3 Å². The first-order chi connectivity index (χ1) is 6.27. The molecular weight excluding hydrogens is 189 g/mol. The van der Waals surface area contributed by atoms with E-state index >= 15 is 0 Å². The van der Waals surface area contributed by atoms with E-state index in [9.17, 15) is 8.60 Å². The van der Waals surface area contributed by atoms with E-state index in [4.69, 9.17) is 0 Å². The van der Waals surface area contributed by atoms with Crippen LogP contribution < -0.4 is 5.32 Å². The summed E-state index contributed by atoms with van der Waals surface area (Å²) in [6.45, 7) is 0.772. The molecule has 1 aromatic rings. The fourth-order valence-corrected chi connectivity index (χ4v) is 2.73. The zero-order chi connectivity index (χ0) is 9.26. The van der Waals surface area contributed by atoms with Gasteiger partial charge in [-0.2, -0.15) is 0 Å². The number of hydrogen-bond acceptors (Lipinski definition) is 2. The van der Waals surface area contributed by atoms with Crippen LogP contribution in [0.25, 0.3) is 0 Å². The number of rotatable bonds is 1. The fraction of sp³-hybridized carbons (Fsp3) is 0.333. The minimum atomic E-state index is -0.852. The molecule has 1 heterocycles. The summed E-state index contributed by atoms with van der Waals surface area (Å²) in [7, 11) is -0.852. The van der Waals surface area contributed by atoms with Crippen molar-refractivity contribution in [3.05, 3.63) is 35.6 Å². The third-order valence-corrected chi connectivity index (χ3v) is 3.64. The zero-order valence-corrected chi connectivity index (χ0v) is 7.81. The Labute approximate surface area is 78.6 Å². The van der Waals surface area contributed by atoms with Gasteiger partial charge in [-0.05, 0) is 17.7 Å². The summed E-state index contributed by atoms with van der Waals surface area (Å²) < 4.78 is 24.0. The molecule has 0 amide bonds. The molecule has 0 bridgehead atoms. The first-order valence-electron chi connectivity index (χ1n) is 4.13. The van der Waals surface area contributed by atoms with Crippen LogP contribution in [0, 0.1) is 5.82 Å². The molecule has 2 unspecified atom stereocenters. The van der Waals surface area contributed by atoms with E-state index in [1.807, 2.05) is 0 Å². The third kappa shape index (κ3) is 1.78. The normalized spacial score (nSPS) is 27.8. The van der Waals surface area contributed by atoms with E-state index in [0.29, 0.717) is 5.75 Å². The van der Waals surface area contributed by atoms with Gasteiger partial charge in [0.05, 0.1) is 0 Å². The Hall–Kier alpha value is -0.740. The van der Waals surface area contributed by atoms with Gasteiger partial charge in [0.15, 0.2) is 0 Å². The first-order valence-corrected chi connectivity index (χ1v) is 5.51. The van der Waals surface area contributed by atoms with E-state index in [1.165, 1.54) is 12.1 Å². The minimum Gasteiger partial charge on any atom is -0.299 e. The number of halogens is 1. The van der Waals surface area contributed by atoms with Crippen LogP contribution in [-0.4, -0.2) is 16.5 Å². The molecule has 0 spiro atoms. The highest BCUT2D eigenvalue weighted by atomic mass is 32.2. The molecule has 0 aromatic heterocycles. The highest BCUT2D eigenvalue weighted by Gasteiger charge is 2.23. The molecule has 1 fully saturated rings. The monoisotopic (exact) mass is 199 g/mol. The predicted octanol–water partition coefficient (Wildman–Crippen LogP) is 1.18. The second-order valence-electron chi connectivity index (χ2n) is 2.97. The number of nitrogens with one attached hydrogen (secondary N) is 1. The van der Waals surface area contributed by atoms with Crippen LogP contribution in [-0.2, 0) is 10.8 Å². The average molecular weight is 199 g/mol. The van der Waals surface area contributed by atoms with E-state index in [1.54, 1.807) is 12.1 Å². The van der Waals surface area contributed by atoms with E-state index in [-0.39, 0.29) is 11.2 Å². The Bertz CT molecular complexity index is 325. The van der Waals surface area contributed by atoms with Gasteiger partial charge in [-0.25, -0.2) is 4.39 Å². The molecule has 13 heavy (non-hydrogen) atoms. The Kier molecular flexibility index (Phi) is 2.42. The zero-order valence-electron chi connectivity index (χ0n) is 7.00. The lowest BCUT2D eigenvalue weighted by Crippen LogP contribution is -2.14. The Morgan fingerprint density at radius 1 is 1.38 bits per heavy atom. The summed E-state index contributed by atoms with van der Waals surface area (Å²) in [5.41, 5.74) is 0.900. The van der Waals surface area contributed by atoms with Crippen molar-refractivity contribution in [2.45, 2.75) is 5.37 Å². The molecule has 2 rings (SSSR count). The molecule has 1 aliphatic rings. The van der Waals surface area contributed by atoms with Crippen molar-refractivity contribution in [3.8, 4) is 0 Å². The number of benzene rings is 1. The maximum Gasteiger partial charge on any atom is 0.123 e. The van der Waals surface area contributed by atoms with Gasteiger partial charge in [0, 0.05) is 23.1 Å². The van der Waals surface area contributed by atoms with E-state index in [0.717, 1.165) is 12.1 Å². The molecule has 70 valence electrons.